The van der Waals surface area contributed by atoms with Gasteiger partial charge in [-0.05, 0) is 6.42 Å². The molecule has 0 rings (SSSR count). The molecule has 0 amide bonds. The Labute approximate surface area is 70.8 Å². The van der Waals surface area contributed by atoms with E-state index in [0.717, 1.165) is 0 Å². The lowest BCUT2D eigenvalue weighted by Crippen LogP contribution is -2.15. The van der Waals surface area contributed by atoms with Crippen molar-refractivity contribution in [3.8, 4) is 0 Å². The van der Waals surface area contributed by atoms with Crippen LogP contribution in [-0.2, 0) is 19.1 Å². The number of hydrogen-bond donors (Lipinski definition) is 1. The summed E-state index contributed by atoms with van der Waals surface area (Å²) in [6.07, 6.45) is 1.67. The summed E-state index contributed by atoms with van der Waals surface area (Å²) >= 11 is 0. The Morgan fingerprint density at radius 2 is 2.17 bits per heavy atom. The van der Waals surface area contributed by atoms with Gasteiger partial charge in [0, 0.05) is 0 Å². The summed E-state index contributed by atoms with van der Waals surface area (Å²) in [5.41, 5.74) is 0. The van der Waals surface area contributed by atoms with E-state index < -0.39 is 22.7 Å². The van der Waals surface area contributed by atoms with Crippen molar-refractivity contribution in [3.63, 3.8) is 0 Å². The van der Waals surface area contributed by atoms with Crippen LogP contribution in [0.2, 0.25) is 0 Å². The highest BCUT2D eigenvalue weighted by Crippen LogP contribution is 1.96. The maximum Gasteiger partial charge on any atom is 0.331 e. The zero-order chi connectivity index (χ0) is 9.61. The smallest absolute Gasteiger partial charge is 0.331 e. The van der Waals surface area contributed by atoms with Gasteiger partial charge in [0.25, 0.3) is 10.1 Å². The molecular formula is C6H10O5S. The first-order valence-electron chi connectivity index (χ1n) is 3.18. The summed E-state index contributed by atoms with van der Waals surface area (Å²) in [6.45, 7) is 2.50. The van der Waals surface area contributed by atoms with Crippen molar-refractivity contribution < 1.29 is 22.5 Å². The summed E-state index contributed by atoms with van der Waals surface area (Å²) in [7, 11) is -3.69. The molecule has 0 saturated carbocycles. The number of carboxylic acid groups (broad SMARTS) is 1. The monoisotopic (exact) mass is 194 g/mol. The summed E-state index contributed by atoms with van der Waals surface area (Å²) < 4.78 is 25.6. The molecule has 0 fully saturated rings. The van der Waals surface area contributed by atoms with Crippen LogP contribution in [0.4, 0.5) is 0 Å². The summed E-state index contributed by atoms with van der Waals surface area (Å²) in [5, 5.41) is 8.09. The van der Waals surface area contributed by atoms with E-state index in [1.54, 1.807) is 0 Å². The van der Waals surface area contributed by atoms with Crippen LogP contribution in [0.5, 0.6) is 0 Å². The first kappa shape index (κ1) is 11.1. The van der Waals surface area contributed by atoms with Crippen LogP contribution < -0.4 is 0 Å². The molecule has 0 atom stereocenters. The maximum atomic E-state index is 10.8. The van der Waals surface area contributed by atoms with Gasteiger partial charge >= 0.3 is 5.97 Å². The fourth-order valence-corrected chi connectivity index (χ4v) is 1.28. The van der Waals surface area contributed by atoms with Crippen molar-refractivity contribution >= 4 is 16.1 Å². The van der Waals surface area contributed by atoms with E-state index in [-0.39, 0.29) is 12.2 Å². The molecule has 0 radical (unpaired) electrons. The fourth-order valence-electron chi connectivity index (χ4n) is 0.427. The summed E-state index contributed by atoms with van der Waals surface area (Å²) in [4.78, 5) is 9.91. The van der Waals surface area contributed by atoms with E-state index in [9.17, 15) is 13.2 Å². The third-order valence-corrected chi connectivity index (χ3v) is 2.15. The first-order valence-corrected chi connectivity index (χ1v) is 4.75. The summed E-state index contributed by atoms with van der Waals surface area (Å²) in [6, 6.07) is 0. The first-order chi connectivity index (χ1) is 5.48. The highest BCUT2D eigenvalue weighted by Gasteiger charge is 2.11. The Hall–Kier alpha value is -0.880. The third kappa shape index (κ3) is 5.87. The molecule has 0 saturated heterocycles. The average molecular weight is 194 g/mol. The lowest BCUT2D eigenvalue weighted by atomic mass is 10.5. The molecule has 0 aromatic heterocycles. The molecule has 0 aliphatic heterocycles. The topological polar surface area (TPSA) is 80.7 Å². The van der Waals surface area contributed by atoms with Crippen molar-refractivity contribution in [2.75, 3.05) is 12.4 Å². The van der Waals surface area contributed by atoms with Crippen molar-refractivity contribution in [3.05, 3.63) is 12.7 Å². The average Bonchev–Trinajstić information content (AvgIpc) is 1.98. The van der Waals surface area contributed by atoms with Gasteiger partial charge in [0.2, 0.25) is 0 Å². The van der Waals surface area contributed by atoms with Gasteiger partial charge in [0.15, 0.2) is 6.61 Å². The van der Waals surface area contributed by atoms with E-state index in [1.807, 2.05) is 0 Å². The number of rotatable bonds is 6. The molecule has 0 aromatic carbocycles. The highest BCUT2D eigenvalue weighted by atomic mass is 32.2. The van der Waals surface area contributed by atoms with Gasteiger partial charge in [-0.2, -0.15) is 8.42 Å². The minimum atomic E-state index is -3.69. The standard InChI is InChI=1S/C6H10O5S/c1-2-3-4-12(9,10)11-5-6(7)8/h2H,1,3-5H2,(H,7,8). The molecule has 70 valence electrons. The minimum absolute atomic E-state index is 0.232. The van der Waals surface area contributed by atoms with Crippen LogP contribution in [0.1, 0.15) is 6.42 Å². The second-order valence-electron chi connectivity index (χ2n) is 2.00. The second kappa shape index (κ2) is 4.89. The molecule has 0 heterocycles. The van der Waals surface area contributed by atoms with Crippen LogP contribution >= 0.6 is 0 Å². The van der Waals surface area contributed by atoms with Crippen LogP contribution in [0, 0.1) is 0 Å². The lowest BCUT2D eigenvalue weighted by Gasteiger charge is -1.99. The van der Waals surface area contributed by atoms with E-state index in [0.29, 0.717) is 0 Å². The van der Waals surface area contributed by atoms with E-state index >= 15 is 0 Å². The van der Waals surface area contributed by atoms with Gasteiger partial charge in [-0.1, -0.05) is 6.08 Å². The molecular weight excluding hydrogens is 184 g/mol. The number of hydrogen-bond acceptors (Lipinski definition) is 4. The Morgan fingerprint density at radius 3 is 2.58 bits per heavy atom. The van der Waals surface area contributed by atoms with Crippen LogP contribution in [-0.4, -0.2) is 31.9 Å². The molecule has 0 spiro atoms. The van der Waals surface area contributed by atoms with Gasteiger partial charge in [-0.3, -0.25) is 4.18 Å². The van der Waals surface area contributed by atoms with Crippen molar-refractivity contribution in [1.82, 2.24) is 0 Å². The minimum Gasteiger partial charge on any atom is -0.479 e. The number of aliphatic carboxylic acids is 1. The molecule has 0 aliphatic rings. The molecule has 6 heteroatoms. The van der Waals surface area contributed by atoms with Gasteiger partial charge in [0.1, 0.15) is 0 Å². The molecule has 0 aliphatic carbocycles. The molecule has 0 unspecified atom stereocenters. The van der Waals surface area contributed by atoms with E-state index in [4.69, 9.17) is 5.11 Å². The Balaban J connectivity index is 3.88. The maximum absolute atomic E-state index is 10.8. The normalized spacial score (nSPS) is 11.0. The van der Waals surface area contributed by atoms with Crippen molar-refractivity contribution in [2.45, 2.75) is 6.42 Å². The number of allylic oxidation sites excluding steroid dienone is 1. The van der Waals surface area contributed by atoms with E-state index in [2.05, 4.69) is 10.8 Å². The van der Waals surface area contributed by atoms with Gasteiger partial charge in [-0.15, -0.1) is 6.58 Å². The summed E-state index contributed by atoms with van der Waals surface area (Å²) in [5.74, 6) is -1.54. The SMILES string of the molecule is C=CCCS(=O)(=O)OCC(=O)O. The second-order valence-corrected chi connectivity index (χ2v) is 3.75. The molecule has 0 bridgehead atoms. The van der Waals surface area contributed by atoms with Gasteiger partial charge in [0.05, 0.1) is 5.75 Å². The van der Waals surface area contributed by atoms with Gasteiger partial charge < -0.3 is 5.11 Å². The number of carboxylic acids is 1. The van der Waals surface area contributed by atoms with Crippen molar-refractivity contribution in [2.24, 2.45) is 0 Å². The molecule has 0 aromatic rings. The quantitative estimate of drug-likeness (QED) is 0.475. The number of carbonyl (C=O) groups is 1. The largest absolute Gasteiger partial charge is 0.479 e. The molecule has 1 N–H and O–H groups in total. The predicted octanol–water partition coefficient (Wildman–Crippen LogP) is -0.00650. The Kier molecular flexibility index (Phi) is 4.53. The molecule has 12 heavy (non-hydrogen) atoms. The van der Waals surface area contributed by atoms with Gasteiger partial charge in [-0.25, -0.2) is 4.79 Å². The Bertz CT molecular complexity index is 253. The lowest BCUT2D eigenvalue weighted by molar-refractivity contribution is -0.139. The zero-order valence-corrected chi connectivity index (χ0v) is 7.21. The fraction of sp³-hybridized carbons (Fsp3) is 0.500. The Morgan fingerprint density at radius 1 is 1.58 bits per heavy atom. The third-order valence-electron chi connectivity index (χ3n) is 0.934. The zero-order valence-electron chi connectivity index (χ0n) is 6.39. The molecule has 5 nitrogen and oxygen atoms in total. The van der Waals surface area contributed by atoms with Crippen LogP contribution in [0.15, 0.2) is 12.7 Å². The predicted molar refractivity (Wildman–Crippen MR) is 42.2 cm³/mol. The van der Waals surface area contributed by atoms with Crippen LogP contribution in [0.25, 0.3) is 0 Å². The van der Waals surface area contributed by atoms with E-state index in [1.165, 1.54) is 6.08 Å². The van der Waals surface area contributed by atoms with Crippen LogP contribution in [0.3, 0.4) is 0 Å². The highest BCUT2D eigenvalue weighted by molar-refractivity contribution is 7.86. The van der Waals surface area contributed by atoms with Crippen molar-refractivity contribution in [1.29, 1.82) is 0 Å².